The number of para-hydroxylation sites is 1. The van der Waals surface area contributed by atoms with Crippen molar-refractivity contribution in [1.29, 1.82) is 0 Å². The van der Waals surface area contributed by atoms with Crippen molar-refractivity contribution in [2.24, 2.45) is 20.0 Å². The molecular formula is C50H62F2N12O5. The molecule has 17 nitrogen and oxygen atoms in total. The van der Waals surface area contributed by atoms with Gasteiger partial charge in [0.15, 0.2) is 5.82 Å². The lowest BCUT2D eigenvalue weighted by molar-refractivity contribution is -0.136. The minimum absolute atomic E-state index is 0.00712. The van der Waals surface area contributed by atoms with Crippen LogP contribution in [0.4, 0.5) is 26.0 Å². The van der Waals surface area contributed by atoms with Gasteiger partial charge in [0.05, 0.1) is 35.5 Å². The Kier molecular flexibility index (Phi) is 12.9. The fourth-order valence-corrected chi connectivity index (χ4v) is 11.5. The molecule has 366 valence electrons. The summed E-state index contributed by atoms with van der Waals surface area (Å²) in [6.07, 6.45) is 8.26. The number of aromatic nitrogens is 6. The third-order valence-electron chi connectivity index (χ3n) is 15.3. The van der Waals surface area contributed by atoms with Crippen LogP contribution in [0.1, 0.15) is 106 Å². The van der Waals surface area contributed by atoms with E-state index >= 15 is 0 Å². The number of benzene rings is 2. The fraction of sp³-hybridized carbons (Fsp3) is 0.540. The average Bonchev–Trinajstić information content (AvgIpc) is 4.03. The van der Waals surface area contributed by atoms with Crippen molar-refractivity contribution in [1.82, 2.24) is 48.7 Å². The highest BCUT2D eigenvalue weighted by molar-refractivity contribution is 6.00. The fourth-order valence-electron chi connectivity index (χ4n) is 11.5. The van der Waals surface area contributed by atoms with Gasteiger partial charge in [0.2, 0.25) is 23.6 Å². The number of fused-ring (bicyclic) bond motifs is 3. The van der Waals surface area contributed by atoms with E-state index in [0.29, 0.717) is 68.1 Å². The Labute approximate surface area is 399 Å². The minimum Gasteiger partial charge on any atom is -0.383 e. The number of likely N-dealkylation sites (tertiary alicyclic amines) is 2. The summed E-state index contributed by atoms with van der Waals surface area (Å²) in [5, 5.41) is 15.5. The van der Waals surface area contributed by atoms with Gasteiger partial charge in [-0.1, -0.05) is 6.07 Å². The first-order valence-electron chi connectivity index (χ1n) is 24.7. The summed E-state index contributed by atoms with van der Waals surface area (Å²) >= 11 is 0. The smallest absolute Gasteiger partial charge is 0.329 e. The number of anilines is 3. The van der Waals surface area contributed by atoms with Gasteiger partial charge >= 0.3 is 5.69 Å². The SMILES string of the molecule is CC(=O)N1CCc2c(c(N3CCCc4cc(-c5cnn(C)c5)c(C(F)F)cc43)nn2C2CCN(C(=O)CCCN3CCC(CNc4cccc5c4n(C)c(=O)n5C4CCC(=O)NC4=O)CC3)CC2)C1. The van der Waals surface area contributed by atoms with E-state index in [1.807, 2.05) is 34.1 Å². The quantitative estimate of drug-likeness (QED) is 0.150. The molecule has 5 aliphatic rings. The molecule has 5 aliphatic heterocycles. The van der Waals surface area contributed by atoms with Gasteiger partial charge in [-0.2, -0.15) is 10.2 Å². The van der Waals surface area contributed by atoms with E-state index in [9.17, 15) is 32.8 Å². The molecule has 10 rings (SSSR count). The highest BCUT2D eigenvalue weighted by Crippen LogP contribution is 2.44. The van der Waals surface area contributed by atoms with Gasteiger partial charge in [-0.25, -0.2) is 13.6 Å². The van der Waals surface area contributed by atoms with E-state index in [2.05, 4.69) is 30.2 Å². The average molecular weight is 949 g/mol. The number of nitrogens with zero attached hydrogens (tertiary/aromatic N) is 10. The van der Waals surface area contributed by atoms with Crippen molar-refractivity contribution in [2.45, 2.75) is 103 Å². The van der Waals surface area contributed by atoms with E-state index in [1.165, 1.54) is 4.57 Å². The highest BCUT2D eigenvalue weighted by Gasteiger charge is 2.36. The molecule has 0 bridgehead atoms. The van der Waals surface area contributed by atoms with Crippen LogP contribution in [0.2, 0.25) is 0 Å². The number of hydrogen-bond acceptors (Lipinski definition) is 10. The lowest BCUT2D eigenvalue weighted by Crippen LogP contribution is -2.44. The molecule has 5 aromatic rings. The first-order valence-corrected chi connectivity index (χ1v) is 24.7. The van der Waals surface area contributed by atoms with E-state index in [-0.39, 0.29) is 47.9 Å². The van der Waals surface area contributed by atoms with Crippen molar-refractivity contribution < 1.29 is 28.0 Å². The zero-order valence-corrected chi connectivity index (χ0v) is 39.8. The lowest BCUT2D eigenvalue weighted by Gasteiger charge is -2.34. The second-order valence-electron chi connectivity index (χ2n) is 19.6. The second-order valence-corrected chi connectivity index (χ2v) is 19.6. The predicted octanol–water partition coefficient (Wildman–Crippen LogP) is 5.61. The molecule has 2 aromatic carbocycles. The number of carbonyl (C=O) groups excluding carboxylic acids is 4. The van der Waals surface area contributed by atoms with Gasteiger partial charge in [0.25, 0.3) is 6.43 Å². The number of alkyl halides is 2. The van der Waals surface area contributed by atoms with Crippen LogP contribution in [0.3, 0.4) is 0 Å². The van der Waals surface area contributed by atoms with Crippen molar-refractivity contribution in [2.75, 3.05) is 62.6 Å². The molecule has 8 heterocycles. The van der Waals surface area contributed by atoms with E-state index in [1.54, 1.807) is 48.7 Å². The maximum Gasteiger partial charge on any atom is 0.329 e. The molecule has 4 amide bonds. The first-order chi connectivity index (χ1) is 33.3. The molecule has 3 saturated heterocycles. The molecule has 3 aromatic heterocycles. The molecule has 0 aliphatic carbocycles. The summed E-state index contributed by atoms with van der Waals surface area (Å²) in [5.41, 5.74) is 6.85. The third kappa shape index (κ3) is 9.05. The Morgan fingerprint density at radius 2 is 1.72 bits per heavy atom. The predicted molar refractivity (Wildman–Crippen MR) is 256 cm³/mol. The van der Waals surface area contributed by atoms with E-state index < -0.39 is 18.4 Å². The number of rotatable bonds is 12. The highest BCUT2D eigenvalue weighted by atomic mass is 19.3. The number of aryl methyl sites for hydroxylation is 3. The summed E-state index contributed by atoms with van der Waals surface area (Å²) in [6, 6.07) is 8.56. The topological polar surface area (TPSA) is 168 Å². The zero-order valence-electron chi connectivity index (χ0n) is 39.8. The molecule has 3 fully saturated rings. The van der Waals surface area contributed by atoms with Crippen LogP contribution >= 0.6 is 0 Å². The van der Waals surface area contributed by atoms with E-state index in [0.717, 1.165) is 111 Å². The molecule has 19 heteroatoms. The number of piperidine rings is 3. The van der Waals surface area contributed by atoms with Crippen LogP contribution in [0.25, 0.3) is 22.2 Å². The number of imide groups is 1. The van der Waals surface area contributed by atoms with E-state index in [4.69, 9.17) is 5.10 Å². The summed E-state index contributed by atoms with van der Waals surface area (Å²) in [7, 11) is 3.49. The number of amides is 4. The molecule has 0 spiro atoms. The standard InChI is InChI=1S/C50H62F2N12O5/c1-31(65)61-24-17-40-38(30-61)48(62-19-5-7-33-25-36(34-28-54-57(2)29-34)37(47(51)52)26-43(33)62)56-64(40)35-15-22-60(23-16-35)45(67)10-6-18-59-20-13-32(14-21-59)27-53-39-8-4-9-41-46(39)58(3)50(69)63(41)42-11-12-44(66)55-49(42)68/h4,8-9,25-26,28-29,32,35,42,47,53H,5-7,10-24,27,30H2,1-3H3,(H,55,66,68). The number of nitrogens with one attached hydrogen (secondary N) is 2. The summed E-state index contributed by atoms with van der Waals surface area (Å²) < 4.78 is 36.3. The Bertz CT molecular complexity index is 2850. The number of imidazole rings is 1. The Balaban J connectivity index is 0.734. The van der Waals surface area contributed by atoms with Gasteiger partial charge in [-0.3, -0.25) is 43.0 Å². The largest absolute Gasteiger partial charge is 0.383 e. The molecule has 0 radical (unpaired) electrons. The van der Waals surface area contributed by atoms with Crippen LogP contribution in [0, 0.1) is 5.92 Å². The van der Waals surface area contributed by atoms with Gasteiger partial charge in [-0.15, -0.1) is 0 Å². The Morgan fingerprint density at radius 1 is 0.928 bits per heavy atom. The number of carbonyl (C=O) groups is 4. The van der Waals surface area contributed by atoms with Crippen molar-refractivity contribution >= 4 is 51.9 Å². The third-order valence-corrected chi connectivity index (χ3v) is 15.3. The molecule has 2 N–H and O–H groups in total. The second kappa shape index (κ2) is 19.2. The maximum absolute atomic E-state index is 14.7. The number of halogens is 2. The van der Waals surface area contributed by atoms with Gasteiger partial charge in [0, 0.05) is 107 Å². The van der Waals surface area contributed by atoms with Crippen molar-refractivity contribution in [3.05, 3.63) is 75.6 Å². The lowest BCUT2D eigenvalue weighted by atomic mass is 9.92. The summed E-state index contributed by atoms with van der Waals surface area (Å²) in [6.45, 7) is 7.99. The zero-order chi connectivity index (χ0) is 48.1. The maximum atomic E-state index is 14.7. The molecular weight excluding hydrogens is 887 g/mol. The minimum atomic E-state index is -2.68. The Hall–Kier alpha value is -6.37. The summed E-state index contributed by atoms with van der Waals surface area (Å²) in [5.74, 6) is 0.576. The monoisotopic (exact) mass is 948 g/mol. The molecule has 1 unspecified atom stereocenters. The molecule has 69 heavy (non-hydrogen) atoms. The first kappa shape index (κ1) is 46.4. The van der Waals surface area contributed by atoms with Gasteiger partial charge < -0.3 is 24.9 Å². The van der Waals surface area contributed by atoms with Crippen molar-refractivity contribution in [3.8, 4) is 11.1 Å². The van der Waals surface area contributed by atoms with Crippen LogP contribution < -0.4 is 21.2 Å². The molecule has 0 saturated carbocycles. The van der Waals surface area contributed by atoms with Crippen LogP contribution in [0.15, 0.2) is 47.5 Å². The van der Waals surface area contributed by atoms with Crippen LogP contribution in [-0.2, 0) is 52.7 Å². The van der Waals surface area contributed by atoms with Crippen LogP contribution in [0.5, 0.6) is 0 Å². The summed E-state index contributed by atoms with van der Waals surface area (Å²) in [4.78, 5) is 72.4. The van der Waals surface area contributed by atoms with Gasteiger partial charge in [0.1, 0.15) is 6.04 Å². The number of hydrogen-bond donors (Lipinski definition) is 2. The van der Waals surface area contributed by atoms with Crippen molar-refractivity contribution in [3.63, 3.8) is 0 Å². The normalized spacial score (nSPS) is 19.6. The molecule has 1 atom stereocenters. The van der Waals surface area contributed by atoms with Gasteiger partial charge in [-0.05, 0) is 112 Å². The van der Waals surface area contributed by atoms with Crippen LogP contribution in [-0.4, -0.2) is 119 Å². The Morgan fingerprint density at radius 3 is 2.45 bits per heavy atom.